The van der Waals surface area contributed by atoms with Crippen molar-refractivity contribution in [2.45, 2.75) is 45.3 Å². The zero-order valence-electron chi connectivity index (χ0n) is 18.5. The number of nitrogens with one attached hydrogen (secondary N) is 1. The van der Waals surface area contributed by atoms with E-state index in [1.807, 2.05) is 13.8 Å². The van der Waals surface area contributed by atoms with Crippen molar-refractivity contribution in [3.05, 3.63) is 50.4 Å². The smallest absolute Gasteiger partial charge is 0.292 e. The minimum Gasteiger partial charge on any atom is -0.397 e. The van der Waals surface area contributed by atoms with E-state index in [4.69, 9.17) is 15.5 Å². The fourth-order valence-corrected chi connectivity index (χ4v) is 5.64. The van der Waals surface area contributed by atoms with Crippen molar-refractivity contribution < 1.29 is 14.5 Å². The number of carbonyl (C=O) groups excluding carboxylic acids is 1. The molecule has 2 aliphatic heterocycles. The topological polar surface area (TPSA) is 124 Å². The first-order chi connectivity index (χ1) is 15.7. The van der Waals surface area contributed by atoms with Crippen LogP contribution in [0.4, 0.5) is 22.9 Å². The number of benzene rings is 1. The second-order valence-corrected chi connectivity index (χ2v) is 10.1. The zero-order chi connectivity index (χ0) is 23.3. The molecular weight excluding hydrogens is 442 g/mol. The molecule has 10 heteroatoms. The number of para-hydroxylation sites is 2. The molecule has 0 unspecified atom stereocenters. The monoisotopic (exact) mass is 467 g/mol. The number of fused-ring (bicyclic) bond motifs is 3. The highest BCUT2D eigenvalue weighted by Crippen LogP contribution is 2.44. The molecule has 2 aliphatic rings. The van der Waals surface area contributed by atoms with Crippen molar-refractivity contribution in [2.75, 3.05) is 29.0 Å². The lowest BCUT2D eigenvalue weighted by Crippen LogP contribution is -2.34. The van der Waals surface area contributed by atoms with Gasteiger partial charge in [-0.15, -0.1) is 11.3 Å². The van der Waals surface area contributed by atoms with Gasteiger partial charge in [-0.3, -0.25) is 14.9 Å². The predicted molar refractivity (Wildman–Crippen MR) is 129 cm³/mol. The number of ether oxygens (including phenoxy) is 1. The summed E-state index contributed by atoms with van der Waals surface area (Å²) >= 11 is 1.23. The molecule has 33 heavy (non-hydrogen) atoms. The first kappa shape index (κ1) is 21.6. The van der Waals surface area contributed by atoms with E-state index in [0.717, 1.165) is 48.3 Å². The number of rotatable bonds is 4. The van der Waals surface area contributed by atoms with E-state index in [1.54, 1.807) is 12.1 Å². The number of nitrogen functional groups attached to an aromatic ring is 1. The van der Waals surface area contributed by atoms with Gasteiger partial charge < -0.3 is 20.7 Å². The number of hydrogen-bond acceptors (Lipinski definition) is 8. The van der Waals surface area contributed by atoms with Gasteiger partial charge in [-0.2, -0.15) is 0 Å². The predicted octanol–water partition coefficient (Wildman–Crippen LogP) is 4.49. The first-order valence-electron chi connectivity index (χ1n) is 10.9. The molecule has 3 N–H and O–H groups in total. The van der Waals surface area contributed by atoms with Crippen molar-refractivity contribution in [3.8, 4) is 0 Å². The van der Waals surface area contributed by atoms with Gasteiger partial charge in [0.15, 0.2) is 0 Å². The maximum atomic E-state index is 13.1. The van der Waals surface area contributed by atoms with Gasteiger partial charge in [0.25, 0.3) is 11.6 Å². The van der Waals surface area contributed by atoms with E-state index in [-0.39, 0.29) is 17.0 Å². The summed E-state index contributed by atoms with van der Waals surface area (Å²) in [4.78, 5) is 32.2. The number of nitrogens with zero attached hydrogens (tertiary/aromatic N) is 3. The highest BCUT2D eigenvalue weighted by Gasteiger charge is 2.34. The van der Waals surface area contributed by atoms with Crippen molar-refractivity contribution in [1.82, 2.24) is 4.98 Å². The van der Waals surface area contributed by atoms with E-state index in [1.165, 1.54) is 23.5 Å². The SMILES string of the molecule is CC1(C)Cc2c(c(N3CCCC3)nc3sc(C(=O)Nc4ccccc4[N+](=O)[O-])c(N)c23)CO1. The number of aromatic nitrogens is 1. The molecule has 1 fully saturated rings. The van der Waals surface area contributed by atoms with Gasteiger partial charge in [-0.1, -0.05) is 12.1 Å². The van der Waals surface area contributed by atoms with Crippen molar-refractivity contribution >= 4 is 50.3 Å². The van der Waals surface area contributed by atoms with Crippen molar-refractivity contribution in [1.29, 1.82) is 0 Å². The number of nitro benzene ring substituents is 1. The van der Waals surface area contributed by atoms with E-state index in [2.05, 4.69) is 10.2 Å². The van der Waals surface area contributed by atoms with Crippen LogP contribution >= 0.6 is 11.3 Å². The number of pyridine rings is 1. The van der Waals surface area contributed by atoms with E-state index < -0.39 is 10.8 Å². The number of amides is 1. The van der Waals surface area contributed by atoms with Crippen LogP contribution in [0.5, 0.6) is 0 Å². The van der Waals surface area contributed by atoms with Crippen molar-refractivity contribution in [3.63, 3.8) is 0 Å². The average Bonchev–Trinajstić information content (AvgIpc) is 3.41. The van der Waals surface area contributed by atoms with E-state index >= 15 is 0 Å². The van der Waals surface area contributed by atoms with Gasteiger partial charge in [-0.05, 0) is 38.3 Å². The minimum absolute atomic E-state index is 0.131. The number of anilines is 3. The molecule has 1 saturated heterocycles. The van der Waals surface area contributed by atoms with E-state index in [0.29, 0.717) is 28.4 Å². The summed E-state index contributed by atoms with van der Waals surface area (Å²) in [7, 11) is 0. The Morgan fingerprint density at radius 3 is 2.73 bits per heavy atom. The number of nitro groups is 1. The third kappa shape index (κ3) is 3.79. The normalized spacial score (nSPS) is 17.2. The van der Waals surface area contributed by atoms with Gasteiger partial charge in [0.1, 0.15) is 21.2 Å². The fourth-order valence-electron chi connectivity index (χ4n) is 4.62. The third-order valence-corrected chi connectivity index (χ3v) is 7.34. The lowest BCUT2D eigenvalue weighted by atomic mass is 9.90. The highest BCUT2D eigenvalue weighted by atomic mass is 32.1. The molecule has 0 radical (unpaired) electrons. The average molecular weight is 468 g/mol. The van der Waals surface area contributed by atoms with Crippen LogP contribution in [0.2, 0.25) is 0 Å². The largest absolute Gasteiger partial charge is 0.397 e. The van der Waals surface area contributed by atoms with Crippen LogP contribution in [0.3, 0.4) is 0 Å². The molecule has 3 aromatic rings. The maximum Gasteiger partial charge on any atom is 0.292 e. The molecule has 172 valence electrons. The third-order valence-electron chi connectivity index (χ3n) is 6.24. The van der Waals surface area contributed by atoms with E-state index in [9.17, 15) is 14.9 Å². The Bertz CT molecular complexity index is 1280. The Labute approximate surface area is 194 Å². The molecule has 0 saturated carbocycles. The van der Waals surface area contributed by atoms with Gasteiger partial charge in [0.05, 0.1) is 22.8 Å². The van der Waals surface area contributed by atoms with Crippen LogP contribution in [-0.2, 0) is 17.8 Å². The summed E-state index contributed by atoms with van der Waals surface area (Å²) in [5.74, 6) is 0.435. The van der Waals surface area contributed by atoms with Crippen LogP contribution in [0.15, 0.2) is 24.3 Å². The Hall–Kier alpha value is -3.24. The van der Waals surface area contributed by atoms with Crippen LogP contribution in [0.1, 0.15) is 47.5 Å². The summed E-state index contributed by atoms with van der Waals surface area (Å²) in [5.41, 5.74) is 8.62. The van der Waals surface area contributed by atoms with Crippen LogP contribution < -0.4 is 16.0 Å². The molecule has 2 aromatic heterocycles. The maximum absolute atomic E-state index is 13.1. The number of carbonyl (C=O) groups is 1. The molecule has 0 spiro atoms. The second-order valence-electron chi connectivity index (χ2n) is 9.07. The number of hydrogen-bond donors (Lipinski definition) is 2. The van der Waals surface area contributed by atoms with Crippen LogP contribution in [0.25, 0.3) is 10.2 Å². The summed E-state index contributed by atoms with van der Waals surface area (Å²) in [5, 5.41) is 14.8. The first-order valence-corrected chi connectivity index (χ1v) is 11.7. The molecule has 1 aromatic carbocycles. The Morgan fingerprint density at radius 2 is 2.00 bits per heavy atom. The molecule has 4 heterocycles. The lowest BCUT2D eigenvalue weighted by Gasteiger charge is -2.34. The summed E-state index contributed by atoms with van der Waals surface area (Å²) in [6, 6.07) is 6.05. The Kier molecular flexibility index (Phi) is 5.21. The standard InChI is InChI=1S/C23H25N5O4S/c1-23(2)11-13-14(12-32-23)20(27-9-5-6-10-27)26-22-17(13)18(24)19(33-22)21(29)25-15-7-3-4-8-16(15)28(30)31/h3-4,7-8H,5-6,9-12,24H2,1-2H3,(H,25,29). The summed E-state index contributed by atoms with van der Waals surface area (Å²) < 4.78 is 6.10. The minimum atomic E-state index is -0.522. The van der Waals surface area contributed by atoms with Gasteiger partial charge >= 0.3 is 0 Å². The zero-order valence-corrected chi connectivity index (χ0v) is 19.3. The van der Waals surface area contributed by atoms with Gasteiger partial charge in [-0.25, -0.2) is 4.98 Å². The van der Waals surface area contributed by atoms with Crippen molar-refractivity contribution in [2.24, 2.45) is 0 Å². The van der Waals surface area contributed by atoms with Gasteiger partial charge in [0.2, 0.25) is 0 Å². The quantitative estimate of drug-likeness (QED) is 0.428. The summed E-state index contributed by atoms with van der Waals surface area (Å²) in [6.45, 7) is 6.43. The Morgan fingerprint density at radius 1 is 1.27 bits per heavy atom. The molecule has 0 aliphatic carbocycles. The molecular formula is C23H25N5O4S. The summed E-state index contributed by atoms with van der Waals surface area (Å²) in [6.07, 6.45) is 2.90. The lowest BCUT2D eigenvalue weighted by molar-refractivity contribution is -0.383. The molecule has 1 amide bonds. The molecule has 0 atom stereocenters. The van der Waals surface area contributed by atoms with Crippen LogP contribution in [-0.4, -0.2) is 34.5 Å². The Balaban J connectivity index is 1.61. The highest BCUT2D eigenvalue weighted by molar-refractivity contribution is 7.21. The number of thiophene rings is 1. The fraction of sp³-hybridized carbons (Fsp3) is 0.391. The molecule has 9 nitrogen and oxygen atoms in total. The molecule has 5 rings (SSSR count). The van der Waals surface area contributed by atoms with Gasteiger partial charge in [0, 0.05) is 36.5 Å². The molecule has 0 bridgehead atoms. The van der Waals surface area contributed by atoms with Crippen LogP contribution in [0, 0.1) is 10.1 Å². The second kappa shape index (κ2) is 7.96. The number of nitrogens with two attached hydrogens (primary N) is 1.